The number of halogens is 2. The smallest absolute Gasteiger partial charge is 0.137 e. The van der Waals surface area contributed by atoms with Crippen LogP contribution in [0.2, 0.25) is 0 Å². The van der Waals surface area contributed by atoms with Crippen LogP contribution < -0.4 is 0 Å². The maximum Gasteiger partial charge on any atom is 0.137 e. The van der Waals surface area contributed by atoms with Gasteiger partial charge in [-0.2, -0.15) is 0 Å². The molecule has 0 saturated carbocycles. The van der Waals surface area contributed by atoms with Crippen LogP contribution in [0.25, 0.3) is 0 Å². The maximum absolute atomic E-state index is 13.2. The van der Waals surface area contributed by atoms with Gasteiger partial charge in [-0.05, 0) is 64.2 Å². The number of benzene rings is 2. The van der Waals surface area contributed by atoms with Crippen molar-refractivity contribution in [2.24, 2.45) is 0 Å². The van der Waals surface area contributed by atoms with Crippen LogP contribution in [-0.4, -0.2) is 5.11 Å². The molecule has 19 heavy (non-hydrogen) atoms. The zero-order valence-corrected chi connectivity index (χ0v) is 12.5. The average molecular weight is 323 g/mol. The molecule has 1 unspecified atom stereocenters. The number of aryl methyl sites for hydroxylation is 2. The normalized spacial score (nSPS) is 12.5. The van der Waals surface area contributed by atoms with Crippen LogP contribution in [0, 0.1) is 19.7 Å². The Labute approximate surface area is 121 Å². The number of aliphatic hydroxyl groups excluding tert-OH is 1. The molecular weight excluding hydrogens is 307 g/mol. The molecule has 0 fully saturated rings. The van der Waals surface area contributed by atoms with Crippen molar-refractivity contribution in [3.63, 3.8) is 0 Å². The minimum Gasteiger partial charge on any atom is -0.388 e. The Kier molecular flexibility index (Phi) is 4.38. The summed E-state index contributed by atoms with van der Waals surface area (Å²) in [6.07, 6.45) is -0.0940. The third-order valence-corrected chi connectivity index (χ3v) is 3.90. The molecule has 0 aromatic heterocycles. The van der Waals surface area contributed by atoms with Gasteiger partial charge in [0.1, 0.15) is 5.82 Å². The van der Waals surface area contributed by atoms with E-state index in [0.29, 0.717) is 10.9 Å². The molecule has 0 aliphatic heterocycles. The minimum absolute atomic E-state index is 0.287. The highest BCUT2D eigenvalue weighted by Crippen LogP contribution is 2.26. The number of hydrogen-bond acceptors (Lipinski definition) is 1. The van der Waals surface area contributed by atoms with Crippen LogP contribution in [0.5, 0.6) is 0 Å². The predicted octanol–water partition coefficient (Wildman–Crippen LogP) is 4.48. The van der Waals surface area contributed by atoms with Crippen LogP contribution in [0.1, 0.15) is 28.4 Å². The third-order valence-electron chi connectivity index (χ3n) is 3.29. The van der Waals surface area contributed by atoms with Gasteiger partial charge in [0, 0.05) is 6.42 Å². The predicted molar refractivity (Wildman–Crippen MR) is 78.7 cm³/mol. The maximum atomic E-state index is 13.2. The highest BCUT2D eigenvalue weighted by molar-refractivity contribution is 9.10. The summed E-state index contributed by atoms with van der Waals surface area (Å²) >= 11 is 3.16. The summed E-state index contributed by atoms with van der Waals surface area (Å²) in [5, 5.41) is 10.4. The SMILES string of the molecule is Cc1cccc(C)c1C(O)Cc1ccc(F)c(Br)c1. The van der Waals surface area contributed by atoms with E-state index in [0.717, 1.165) is 22.3 Å². The van der Waals surface area contributed by atoms with Gasteiger partial charge in [-0.3, -0.25) is 0 Å². The monoisotopic (exact) mass is 322 g/mol. The number of rotatable bonds is 3. The topological polar surface area (TPSA) is 20.2 Å². The standard InChI is InChI=1S/C16H16BrFO/c1-10-4-3-5-11(2)16(10)15(19)9-12-6-7-14(18)13(17)8-12/h3-8,15,19H,9H2,1-2H3. The summed E-state index contributed by atoms with van der Waals surface area (Å²) in [6.45, 7) is 3.98. The van der Waals surface area contributed by atoms with Gasteiger partial charge in [-0.1, -0.05) is 24.3 Å². The fourth-order valence-electron chi connectivity index (χ4n) is 2.34. The van der Waals surface area contributed by atoms with Crippen LogP contribution >= 0.6 is 15.9 Å². The molecule has 2 rings (SSSR count). The molecule has 0 bridgehead atoms. The Morgan fingerprint density at radius 1 is 1.16 bits per heavy atom. The first-order chi connectivity index (χ1) is 8.99. The second kappa shape index (κ2) is 5.85. The van der Waals surface area contributed by atoms with Gasteiger partial charge in [-0.25, -0.2) is 4.39 Å². The second-order valence-corrected chi connectivity index (χ2v) is 5.63. The summed E-state index contributed by atoms with van der Waals surface area (Å²) in [5.41, 5.74) is 4.02. The van der Waals surface area contributed by atoms with E-state index in [9.17, 15) is 9.50 Å². The average Bonchev–Trinajstić information content (AvgIpc) is 2.33. The van der Waals surface area contributed by atoms with Crippen molar-refractivity contribution in [2.75, 3.05) is 0 Å². The molecule has 1 N–H and O–H groups in total. The molecule has 0 aliphatic carbocycles. The van der Waals surface area contributed by atoms with Gasteiger partial charge in [0.15, 0.2) is 0 Å². The first kappa shape index (κ1) is 14.2. The minimum atomic E-state index is -0.571. The highest BCUT2D eigenvalue weighted by atomic mass is 79.9. The molecule has 0 amide bonds. The Morgan fingerprint density at radius 3 is 2.37 bits per heavy atom. The Hall–Kier alpha value is -1.19. The zero-order chi connectivity index (χ0) is 14.0. The molecule has 2 aromatic rings. The van der Waals surface area contributed by atoms with E-state index in [4.69, 9.17) is 0 Å². The Bertz CT molecular complexity index is 575. The third kappa shape index (κ3) is 3.23. The summed E-state index contributed by atoms with van der Waals surface area (Å²) in [5.74, 6) is -0.287. The zero-order valence-electron chi connectivity index (χ0n) is 11.0. The molecule has 2 aromatic carbocycles. The summed E-state index contributed by atoms with van der Waals surface area (Å²) in [6, 6.07) is 10.8. The van der Waals surface area contributed by atoms with Crippen LogP contribution in [-0.2, 0) is 6.42 Å². The van der Waals surface area contributed by atoms with E-state index < -0.39 is 6.10 Å². The Balaban J connectivity index is 2.25. The molecule has 3 heteroatoms. The van der Waals surface area contributed by atoms with E-state index in [2.05, 4.69) is 15.9 Å². The van der Waals surface area contributed by atoms with Crippen molar-refractivity contribution < 1.29 is 9.50 Å². The second-order valence-electron chi connectivity index (χ2n) is 4.77. The van der Waals surface area contributed by atoms with Crippen molar-refractivity contribution >= 4 is 15.9 Å². The summed E-state index contributed by atoms with van der Waals surface area (Å²) in [4.78, 5) is 0. The van der Waals surface area contributed by atoms with Crippen molar-refractivity contribution in [1.29, 1.82) is 0 Å². The van der Waals surface area contributed by atoms with E-state index >= 15 is 0 Å². The number of aliphatic hydroxyl groups is 1. The van der Waals surface area contributed by atoms with Gasteiger partial charge in [0.2, 0.25) is 0 Å². The molecule has 0 radical (unpaired) electrons. The molecule has 0 aliphatic rings. The van der Waals surface area contributed by atoms with E-state index in [-0.39, 0.29) is 5.82 Å². The first-order valence-electron chi connectivity index (χ1n) is 6.17. The lowest BCUT2D eigenvalue weighted by atomic mass is 9.94. The summed E-state index contributed by atoms with van der Waals surface area (Å²) in [7, 11) is 0. The van der Waals surface area contributed by atoms with E-state index in [1.807, 2.05) is 32.0 Å². The van der Waals surface area contributed by atoms with Crippen molar-refractivity contribution in [2.45, 2.75) is 26.4 Å². The van der Waals surface area contributed by atoms with E-state index in [1.165, 1.54) is 6.07 Å². The van der Waals surface area contributed by atoms with Crippen molar-refractivity contribution in [3.8, 4) is 0 Å². The Morgan fingerprint density at radius 2 is 1.79 bits per heavy atom. The van der Waals surface area contributed by atoms with Crippen molar-refractivity contribution in [3.05, 3.63) is 68.9 Å². The molecule has 0 heterocycles. The first-order valence-corrected chi connectivity index (χ1v) is 6.96. The highest BCUT2D eigenvalue weighted by Gasteiger charge is 2.14. The van der Waals surface area contributed by atoms with Gasteiger partial charge < -0.3 is 5.11 Å². The molecule has 100 valence electrons. The van der Waals surface area contributed by atoms with Gasteiger partial charge in [0.25, 0.3) is 0 Å². The van der Waals surface area contributed by atoms with Crippen LogP contribution in [0.15, 0.2) is 40.9 Å². The fraction of sp³-hybridized carbons (Fsp3) is 0.250. The molecule has 0 spiro atoms. The number of hydrogen-bond donors (Lipinski definition) is 1. The van der Waals surface area contributed by atoms with Gasteiger partial charge in [0.05, 0.1) is 10.6 Å². The lowest BCUT2D eigenvalue weighted by Crippen LogP contribution is -2.06. The lowest BCUT2D eigenvalue weighted by Gasteiger charge is -2.16. The summed E-state index contributed by atoms with van der Waals surface area (Å²) < 4.78 is 13.6. The molecule has 0 saturated heterocycles. The van der Waals surface area contributed by atoms with Gasteiger partial charge >= 0.3 is 0 Å². The molecular formula is C16H16BrFO. The largest absolute Gasteiger partial charge is 0.388 e. The van der Waals surface area contributed by atoms with Crippen LogP contribution in [0.3, 0.4) is 0 Å². The quantitative estimate of drug-likeness (QED) is 0.883. The fourth-order valence-corrected chi connectivity index (χ4v) is 2.77. The van der Waals surface area contributed by atoms with Crippen molar-refractivity contribution in [1.82, 2.24) is 0 Å². The lowest BCUT2D eigenvalue weighted by molar-refractivity contribution is 0.177. The van der Waals surface area contributed by atoms with Gasteiger partial charge in [-0.15, -0.1) is 0 Å². The molecule has 1 nitrogen and oxygen atoms in total. The van der Waals surface area contributed by atoms with Crippen LogP contribution in [0.4, 0.5) is 4.39 Å². The van der Waals surface area contributed by atoms with E-state index in [1.54, 1.807) is 12.1 Å². The molecule has 1 atom stereocenters.